The number of nitrogens with zero attached hydrogens (tertiary/aromatic N) is 2. The molecule has 0 unspecified atom stereocenters. The molecule has 0 saturated carbocycles. The van der Waals surface area contributed by atoms with Gasteiger partial charge in [0.05, 0.1) is 4.34 Å². The molecule has 8 nitrogen and oxygen atoms in total. The lowest BCUT2D eigenvalue weighted by Crippen LogP contribution is -2.38. The minimum atomic E-state index is -4.00. The molecule has 0 aliphatic carbocycles. The van der Waals surface area contributed by atoms with Gasteiger partial charge in [0, 0.05) is 18.1 Å². The number of aromatic nitrogens is 1. The number of thiophene rings is 1. The number of amides is 1. The van der Waals surface area contributed by atoms with Crippen molar-refractivity contribution < 1.29 is 18.3 Å². The van der Waals surface area contributed by atoms with Gasteiger partial charge in [-0.1, -0.05) is 23.4 Å². The Labute approximate surface area is 147 Å². The Morgan fingerprint density at radius 3 is 2.75 bits per heavy atom. The predicted octanol–water partition coefficient (Wildman–Crippen LogP) is 1.47. The van der Waals surface area contributed by atoms with Crippen molar-refractivity contribution in [3.63, 3.8) is 0 Å². The van der Waals surface area contributed by atoms with E-state index in [0.29, 0.717) is 4.31 Å². The number of sulfonamides is 1. The Kier molecular flexibility index (Phi) is 4.85. The summed E-state index contributed by atoms with van der Waals surface area (Å²) in [5.74, 6) is -1.34. The molecule has 1 amide bonds. The Morgan fingerprint density at radius 1 is 1.42 bits per heavy atom. The molecule has 2 aromatic rings. The van der Waals surface area contributed by atoms with Crippen LogP contribution in [0.5, 0.6) is 0 Å². The third-order valence-corrected chi connectivity index (χ3v) is 6.34. The largest absolute Gasteiger partial charge is 0.870 e. The number of rotatable bonds is 2. The lowest BCUT2D eigenvalue weighted by atomic mass is 10.3. The molecule has 0 aromatic carbocycles. The Balaban J connectivity index is 0.00000208. The van der Waals surface area contributed by atoms with Crippen LogP contribution in [-0.4, -0.2) is 30.7 Å². The van der Waals surface area contributed by atoms with E-state index in [2.05, 4.69) is 10.3 Å². The van der Waals surface area contributed by atoms with Gasteiger partial charge in [-0.2, -0.15) is 0 Å². The van der Waals surface area contributed by atoms with Gasteiger partial charge < -0.3 is 16.6 Å². The second-order valence-corrected chi connectivity index (χ2v) is 8.18. The molecule has 3 rings (SSSR count). The molecule has 2 aromatic heterocycles. The number of likely N-dealkylation sites (N-methyl/N-ethyl adjacent to an activating group) is 1. The highest BCUT2D eigenvalue weighted by molar-refractivity contribution is 7.89. The monoisotopic (exact) mass is 388 g/mol. The molecule has 0 bridgehead atoms. The summed E-state index contributed by atoms with van der Waals surface area (Å²) in [6.45, 7) is 0. The van der Waals surface area contributed by atoms with Crippen molar-refractivity contribution in [2.75, 3.05) is 12.4 Å². The van der Waals surface area contributed by atoms with Crippen LogP contribution in [0.3, 0.4) is 0 Å². The van der Waals surface area contributed by atoms with E-state index in [1.807, 2.05) is 0 Å². The number of quaternary nitrogens is 1. The molecule has 1 aliphatic heterocycles. The molecule has 0 spiro atoms. The summed E-state index contributed by atoms with van der Waals surface area (Å²) >= 11 is 6.64. The number of pyridine rings is 1. The number of carbonyl (C=O) groups is 1. The van der Waals surface area contributed by atoms with Gasteiger partial charge >= 0.3 is 0 Å². The van der Waals surface area contributed by atoms with Crippen LogP contribution in [-0.2, 0) is 14.8 Å². The summed E-state index contributed by atoms with van der Waals surface area (Å²) < 4.78 is 25.7. The van der Waals surface area contributed by atoms with Crippen LogP contribution in [0.2, 0.25) is 4.34 Å². The first kappa shape index (κ1) is 18.2. The van der Waals surface area contributed by atoms with Gasteiger partial charge in [-0.25, -0.2) is 13.4 Å². The van der Waals surface area contributed by atoms with Crippen molar-refractivity contribution >= 4 is 50.4 Å². The number of carbonyl (C=O) groups excluding carboxylic acids is 1. The third kappa shape index (κ3) is 2.84. The second-order valence-electron chi connectivity index (χ2n) is 4.56. The molecule has 11 heteroatoms. The van der Waals surface area contributed by atoms with Crippen molar-refractivity contribution in [3.05, 3.63) is 45.4 Å². The van der Waals surface area contributed by atoms with Crippen molar-refractivity contribution in [1.29, 1.82) is 0 Å². The fourth-order valence-corrected chi connectivity index (χ4v) is 5.01. The standard InChI is InChI=1S/C13H10ClN3O4S2.H3N/c1-17-10(13(19)16-9-4-2-3-5-15-9)11(18)12-7(23(17,20)21)6-8(14)22-12;/h2-6,18H,1H3,(H,15,16,19);1H3. The third-order valence-electron chi connectivity index (χ3n) is 3.16. The Bertz CT molecular complexity index is 925. The van der Waals surface area contributed by atoms with Crippen molar-refractivity contribution in [2.24, 2.45) is 0 Å². The van der Waals surface area contributed by atoms with Crippen molar-refractivity contribution in [2.45, 2.75) is 4.90 Å². The van der Waals surface area contributed by atoms with Gasteiger partial charge in [-0.05, 0) is 18.2 Å². The van der Waals surface area contributed by atoms with Gasteiger partial charge in [-0.3, -0.25) is 9.10 Å². The Morgan fingerprint density at radius 2 is 2.12 bits per heavy atom. The average molecular weight is 389 g/mol. The first-order valence-corrected chi connectivity index (χ1v) is 8.88. The van der Waals surface area contributed by atoms with Crippen LogP contribution in [0.1, 0.15) is 4.88 Å². The summed E-state index contributed by atoms with van der Waals surface area (Å²) in [6.07, 6.45) is 1.46. The summed E-state index contributed by atoms with van der Waals surface area (Å²) in [7, 11) is -2.85. The van der Waals surface area contributed by atoms with Crippen LogP contribution in [0, 0.1) is 0 Å². The van der Waals surface area contributed by atoms with Gasteiger partial charge in [0.25, 0.3) is 15.9 Å². The topological polar surface area (TPSA) is 139 Å². The molecular formula is C13H13ClN4O4S2. The minimum Gasteiger partial charge on any atom is -0.870 e. The summed E-state index contributed by atoms with van der Waals surface area (Å²) in [4.78, 5) is 16.0. The van der Waals surface area contributed by atoms with Gasteiger partial charge in [0.1, 0.15) is 16.4 Å². The zero-order valence-electron chi connectivity index (χ0n) is 12.6. The first-order valence-electron chi connectivity index (χ1n) is 6.24. The maximum atomic E-state index is 12.5. The highest BCUT2D eigenvalue weighted by atomic mass is 35.5. The maximum absolute atomic E-state index is 12.5. The van der Waals surface area contributed by atoms with E-state index in [1.165, 1.54) is 18.3 Å². The summed E-state index contributed by atoms with van der Waals surface area (Å²) in [5, 5.41) is 14.9. The lowest BCUT2D eigenvalue weighted by Gasteiger charge is -2.31. The fourth-order valence-electron chi connectivity index (χ4n) is 2.07. The minimum absolute atomic E-state index is 0. The van der Waals surface area contributed by atoms with Crippen molar-refractivity contribution in [3.8, 4) is 0 Å². The zero-order chi connectivity index (χ0) is 16.8. The van der Waals surface area contributed by atoms with Crippen LogP contribution < -0.4 is 16.6 Å². The van der Waals surface area contributed by atoms with Gasteiger partial charge in [0.2, 0.25) is 0 Å². The number of halogens is 1. The van der Waals surface area contributed by atoms with Crippen molar-refractivity contribution in [1.82, 2.24) is 15.4 Å². The van der Waals surface area contributed by atoms with E-state index < -0.39 is 27.4 Å². The van der Waals surface area contributed by atoms with E-state index in [4.69, 9.17) is 11.6 Å². The number of hydrogen-bond acceptors (Lipinski definition) is 6. The molecule has 0 atom stereocenters. The Hall–Kier alpha value is -2.14. The van der Waals surface area contributed by atoms with Gasteiger partial charge in [-0.15, -0.1) is 11.3 Å². The quantitative estimate of drug-likeness (QED) is 0.801. The molecule has 3 heterocycles. The van der Waals surface area contributed by atoms with Gasteiger partial charge in [0.15, 0.2) is 0 Å². The molecule has 0 saturated heterocycles. The average Bonchev–Trinajstić information content (AvgIpc) is 2.90. The van der Waals surface area contributed by atoms with Crippen LogP contribution in [0.25, 0.3) is 5.76 Å². The molecule has 1 aliphatic rings. The zero-order valence-corrected chi connectivity index (χ0v) is 15.0. The van der Waals surface area contributed by atoms with E-state index >= 15 is 0 Å². The highest BCUT2D eigenvalue weighted by Crippen LogP contribution is 2.40. The van der Waals surface area contributed by atoms with Crippen LogP contribution in [0.15, 0.2) is 41.1 Å². The molecular weight excluding hydrogens is 376 g/mol. The first-order chi connectivity index (χ1) is 10.8. The molecule has 5 N–H and O–H groups in total. The summed E-state index contributed by atoms with van der Waals surface area (Å²) in [6, 6.07) is 6.03. The molecule has 24 heavy (non-hydrogen) atoms. The van der Waals surface area contributed by atoms with E-state index in [9.17, 15) is 18.3 Å². The normalized spacial score (nSPS) is 15.5. The van der Waals surface area contributed by atoms with Crippen LogP contribution in [0.4, 0.5) is 5.82 Å². The predicted molar refractivity (Wildman–Crippen MR) is 90.0 cm³/mol. The number of anilines is 1. The second kappa shape index (κ2) is 6.40. The van der Waals surface area contributed by atoms with Crippen LogP contribution >= 0.6 is 22.9 Å². The number of nitrogens with one attached hydrogen (secondary N) is 1. The SMILES string of the molecule is CN1C(C(=O)Nc2ccccn2)=C([O-])c2sc(Cl)cc2S1(=O)=O.[NH4+]. The lowest BCUT2D eigenvalue weighted by molar-refractivity contribution is -0.245. The molecule has 0 fully saturated rings. The smallest absolute Gasteiger partial charge is 0.273 e. The number of fused-ring (bicyclic) bond motifs is 1. The van der Waals surface area contributed by atoms with E-state index in [1.54, 1.807) is 12.1 Å². The molecule has 0 radical (unpaired) electrons. The fraction of sp³-hybridized carbons (Fsp3) is 0.0769. The number of hydrogen-bond donors (Lipinski definition) is 2. The van der Waals surface area contributed by atoms with E-state index in [-0.39, 0.29) is 26.1 Å². The molecule has 128 valence electrons. The van der Waals surface area contributed by atoms with E-state index in [0.717, 1.165) is 18.4 Å². The highest BCUT2D eigenvalue weighted by Gasteiger charge is 2.36. The summed E-state index contributed by atoms with van der Waals surface area (Å²) in [5.41, 5.74) is -0.498. The maximum Gasteiger partial charge on any atom is 0.273 e.